The second kappa shape index (κ2) is 7.79. The largest absolute Gasteiger partial charge is 0.489 e. The van der Waals surface area contributed by atoms with E-state index in [4.69, 9.17) is 25.8 Å². The number of benzene rings is 2. The maximum atomic E-state index is 12.7. The van der Waals surface area contributed by atoms with Gasteiger partial charge in [0.2, 0.25) is 0 Å². The fraction of sp³-hybridized carbons (Fsp3) is 0.381. The van der Waals surface area contributed by atoms with Gasteiger partial charge in [-0.2, -0.15) is 0 Å². The minimum absolute atomic E-state index is 0.117. The van der Waals surface area contributed by atoms with E-state index < -0.39 is 6.10 Å². The molecule has 1 N–H and O–H groups in total. The Kier molecular flexibility index (Phi) is 5.23. The molecule has 1 fully saturated rings. The molecule has 0 saturated carbocycles. The van der Waals surface area contributed by atoms with Crippen molar-refractivity contribution in [1.82, 2.24) is 0 Å². The lowest BCUT2D eigenvalue weighted by Gasteiger charge is -2.17. The average Bonchev–Trinajstić information content (AvgIpc) is 3.30. The zero-order valence-electron chi connectivity index (χ0n) is 15.2. The summed E-state index contributed by atoms with van der Waals surface area (Å²) in [5.74, 6) is 1.16. The molecule has 0 radical (unpaired) electrons. The number of carbonyl (C=O) groups excluding carboxylic acids is 1. The molecule has 2 atom stereocenters. The van der Waals surface area contributed by atoms with E-state index in [9.17, 15) is 4.79 Å². The maximum absolute atomic E-state index is 12.7. The van der Waals surface area contributed by atoms with Crippen LogP contribution in [0, 0.1) is 6.92 Å². The number of halogens is 1. The van der Waals surface area contributed by atoms with Gasteiger partial charge in [-0.05, 0) is 61.2 Å². The van der Waals surface area contributed by atoms with E-state index in [1.807, 2.05) is 31.2 Å². The lowest BCUT2D eigenvalue weighted by Crippen LogP contribution is -2.31. The summed E-state index contributed by atoms with van der Waals surface area (Å²) in [4.78, 5) is 12.7. The fourth-order valence-electron chi connectivity index (χ4n) is 3.39. The van der Waals surface area contributed by atoms with E-state index in [1.54, 1.807) is 12.1 Å². The Morgan fingerprint density at radius 1 is 1.30 bits per heavy atom. The highest BCUT2D eigenvalue weighted by Gasteiger charge is 2.30. The summed E-state index contributed by atoms with van der Waals surface area (Å²) in [6, 6.07) is 11.1. The van der Waals surface area contributed by atoms with Crippen LogP contribution >= 0.6 is 11.6 Å². The molecule has 0 aromatic heterocycles. The number of ether oxygens (including phenoxy) is 3. The molecule has 2 aliphatic rings. The molecule has 4 rings (SSSR count). The normalized spacial score (nSPS) is 20.8. The van der Waals surface area contributed by atoms with Crippen molar-refractivity contribution in [1.29, 1.82) is 0 Å². The van der Waals surface area contributed by atoms with Crippen molar-refractivity contribution >= 4 is 23.2 Å². The van der Waals surface area contributed by atoms with Crippen molar-refractivity contribution in [2.24, 2.45) is 0 Å². The Bertz CT molecular complexity index is 848. The SMILES string of the molecule is Cc1ccc(NC(=O)C2Cc3cc(Cl)ccc3O2)c(OCC2CCCO2)c1. The van der Waals surface area contributed by atoms with Gasteiger partial charge in [0.25, 0.3) is 5.91 Å². The molecule has 0 spiro atoms. The van der Waals surface area contributed by atoms with Gasteiger partial charge in [0.15, 0.2) is 6.10 Å². The molecule has 1 saturated heterocycles. The maximum Gasteiger partial charge on any atom is 0.265 e. The van der Waals surface area contributed by atoms with Gasteiger partial charge in [-0.1, -0.05) is 17.7 Å². The van der Waals surface area contributed by atoms with Gasteiger partial charge in [0.05, 0.1) is 11.8 Å². The van der Waals surface area contributed by atoms with E-state index in [2.05, 4.69) is 5.32 Å². The van der Waals surface area contributed by atoms with Gasteiger partial charge in [-0.15, -0.1) is 0 Å². The third-order valence-electron chi connectivity index (χ3n) is 4.83. The molecule has 2 aromatic carbocycles. The van der Waals surface area contributed by atoms with Crippen LogP contribution in [-0.4, -0.2) is 31.3 Å². The Balaban J connectivity index is 1.43. The van der Waals surface area contributed by atoms with Crippen LogP contribution in [0.1, 0.15) is 24.0 Å². The number of amides is 1. The van der Waals surface area contributed by atoms with Gasteiger partial charge < -0.3 is 19.5 Å². The Hall–Kier alpha value is -2.24. The molecule has 27 heavy (non-hydrogen) atoms. The summed E-state index contributed by atoms with van der Waals surface area (Å²) in [6.45, 7) is 3.26. The van der Waals surface area contributed by atoms with Crippen LogP contribution in [0.5, 0.6) is 11.5 Å². The second-order valence-electron chi connectivity index (χ2n) is 7.00. The molecule has 2 aromatic rings. The first-order valence-electron chi connectivity index (χ1n) is 9.19. The van der Waals surface area contributed by atoms with E-state index in [-0.39, 0.29) is 12.0 Å². The number of fused-ring (bicyclic) bond motifs is 1. The van der Waals surface area contributed by atoms with Gasteiger partial charge in [-0.3, -0.25) is 4.79 Å². The summed E-state index contributed by atoms with van der Waals surface area (Å²) >= 11 is 6.02. The molecule has 1 amide bonds. The highest BCUT2D eigenvalue weighted by molar-refractivity contribution is 6.30. The number of hydrogen-bond acceptors (Lipinski definition) is 4. The Morgan fingerprint density at radius 2 is 2.19 bits per heavy atom. The molecule has 2 heterocycles. The quantitative estimate of drug-likeness (QED) is 0.837. The fourth-order valence-corrected chi connectivity index (χ4v) is 3.58. The molecular weight excluding hydrogens is 366 g/mol. The van der Waals surface area contributed by atoms with E-state index in [0.29, 0.717) is 35.2 Å². The molecule has 2 aliphatic heterocycles. The molecule has 5 nitrogen and oxygen atoms in total. The lowest BCUT2D eigenvalue weighted by atomic mass is 10.1. The number of hydrogen-bond donors (Lipinski definition) is 1. The number of anilines is 1. The van der Waals surface area contributed by atoms with Gasteiger partial charge >= 0.3 is 0 Å². The number of aryl methyl sites for hydroxylation is 1. The standard InChI is InChI=1S/C21H22ClNO4/c1-13-4-6-17(19(9-13)26-12-16-3-2-8-25-16)23-21(24)20-11-14-10-15(22)5-7-18(14)27-20/h4-7,9-10,16,20H,2-3,8,11-12H2,1H3,(H,23,24). The smallest absolute Gasteiger partial charge is 0.265 e. The minimum atomic E-state index is -0.578. The topological polar surface area (TPSA) is 56.8 Å². The predicted molar refractivity (Wildman–Crippen MR) is 104 cm³/mol. The molecule has 2 unspecified atom stereocenters. The predicted octanol–water partition coefficient (Wildman–Crippen LogP) is 4.15. The van der Waals surface area contributed by atoms with Crippen molar-refractivity contribution in [3.05, 3.63) is 52.5 Å². The van der Waals surface area contributed by atoms with Crippen LogP contribution in [0.4, 0.5) is 5.69 Å². The van der Waals surface area contributed by atoms with Crippen molar-refractivity contribution in [2.45, 2.75) is 38.4 Å². The summed E-state index contributed by atoms with van der Waals surface area (Å²) < 4.78 is 17.3. The monoisotopic (exact) mass is 387 g/mol. The molecule has 0 bridgehead atoms. The minimum Gasteiger partial charge on any atom is -0.489 e. The molecule has 0 aliphatic carbocycles. The first kappa shape index (κ1) is 18.1. The summed E-state index contributed by atoms with van der Waals surface area (Å²) in [5.41, 5.74) is 2.65. The first-order valence-corrected chi connectivity index (χ1v) is 9.57. The van der Waals surface area contributed by atoms with Gasteiger partial charge in [0.1, 0.15) is 18.1 Å². The van der Waals surface area contributed by atoms with Crippen LogP contribution < -0.4 is 14.8 Å². The van der Waals surface area contributed by atoms with Crippen LogP contribution in [0.15, 0.2) is 36.4 Å². The van der Waals surface area contributed by atoms with Crippen LogP contribution in [0.3, 0.4) is 0 Å². The third-order valence-corrected chi connectivity index (χ3v) is 5.07. The van der Waals surface area contributed by atoms with Crippen LogP contribution in [-0.2, 0) is 16.0 Å². The van der Waals surface area contributed by atoms with Crippen molar-refractivity contribution < 1.29 is 19.0 Å². The first-order chi connectivity index (χ1) is 13.1. The van der Waals surface area contributed by atoms with Gasteiger partial charge in [-0.25, -0.2) is 0 Å². The molecule has 6 heteroatoms. The van der Waals surface area contributed by atoms with Crippen LogP contribution in [0.2, 0.25) is 5.02 Å². The van der Waals surface area contributed by atoms with Crippen LogP contribution in [0.25, 0.3) is 0 Å². The lowest BCUT2D eigenvalue weighted by molar-refractivity contribution is -0.122. The zero-order chi connectivity index (χ0) is 18.8. The van der Waals surface area contributed by atoms with Crippen molar-refractivity contribution in [2.75, 3.05) is 18.5 Å². The summed E-state index contributed by atoms with van der Waals surface area (Å²) in [5, 5.41) is 3.58. The van der Waals surface area contributed by atoms with Crippen molar-refractivity contribution in [3.63, 3.8) is 0 Å². The number of rotatable bonds is 5. The van der Waals surface area contributed by atoms with E-state index in [1.165, 1.54) is 0 Å². The number of carbonyl (C=O) groups is 1. The van der Waals surface area contributed by atoms with E-state index >= 15 is 0 Å². The molecular formula is C21H22ClNO4. The summed E-state index contributed by atoms with van der Waals surface area (Å²) in [7, 11) is 0. The van der Waals surface area contributed by atoms with Crippen molar-refractivity contribution in [3.8, 4) is 11.5 Å². The number of nitrogens with one attached hydrogen (secondary N) is 1. The highest BCUT2D eigenvalue weighted by atomic mass is 35.5. The van der Waals surface area contributed by atoms with E-state index in [0.717, 1.165) is 30.6 Å². The third kappa shape index (κ3) is 4.20. The summed E-state index contributed by atoms with van der Waals surface area (Å²) in [6.07, 6.45) is 2.11. The zero-order valence-corrected chi connectivity index (χ0v) is 15.9. The van der Waals surface area contributed by atoms with Gasteiger partial charge in [0, 0.05) is 18.1 Å². The Labute approximate surface area is 163 Å². The Morgan fingerprint density at radius 3 is 3.00 bits per heavy atom. The molecule has 142 valence electrons. The second-order valence-corrected chi connectivity index (χ2v) is 7.43. The average molecular weight is 388 g/mol. The highest BCUT2D eigenvalue weighted by Crippen LogP contribution is 2.32.